The number of carbonyl (C=O) groups is 3. The second-order valence-electron chi connectivity index (χ2n) is 5.68. The third-order valence-corrected chi connectivity index (χ3v) is 3.78. The van der Waals surface area contributed by atoms with Gasteiger partial charge in [0.25, 0.3) is 5.91 Å². The minimum Gasteiger partial charge on any atom is -0.468 e. The van der Waals surface area contributed by atoms with Crippen LogP contribution in [0, 0.1) is 0 Å². The lowest BCUT2D eigenvalue weighted by Crippen LogP contribution is -2.29. The topological polar surface area (TPSA) is 84.5 Å². The Morgan fingerprint density at radius 3 is 2.62 bits per heavy atom. The van der Waals surface area contributed by atoms with Crippen LogP contribution in [-0.4, -0.2) is 31.4 Å². The van der Waals surface area contributed by atoms with Gasteiger partial charge in [0, 0.05) is 18.2 Å². The van der Waals surface area contributed by atoms with Crippen molar-refractivity contribution in [2.45, 2.75) is 19.3 Å². The lowest BCUT2D eigenvalue weighted by Gasteiger charge is -2.03. The minimum atomic E-state index is -0.477. The summed E-state index contributed by atoms with van der Waals surface area (Å²) in [5.41, 5.74) is 0.593. The Morgan fingerprint density at radius 1 is 1.08 bits per heavy atom. The average Bonchev–Trinajstić information content (AvgIpc) is 2.68. The van der Waals surface area contributed by atoms with Gasteiger partial charge in [0.1, 0.15) is 6.54 Å². The zero-order chi connectivity index (χ0) is 18.8. The molecule has 6 heteroatoms. The minimum absolute atomic E-state index is 0.118. The fourth-order valence-corrected chi connectivity index (χ4v) is 2.34. The molecule has 0 fully saturated rings. The number of allylic oxidation sites excluding steroid dienone is 1. The van der Waals surface area contributed by atoms with Crippen molar-refractivity contribution in [1.29, 1.82) is 0 Å². The van der Waals surface area contributed by atoms with Crippen LogP contribution in [0.4, 0.5) is 0 Å². The van der Waals surface area contributed by atoms with Gasteiger partial charge in [0.05, 0.1) is 7.11 Å². The molecule has 0 spiro atoms. The van der Waals surface area contributed by atoms with Gasteiger partial charge >= 0.3 is 5.97 Å². The molecule has 136 valence electrons. The Balaban J connectivity index is 1.70. The second-order valence-corrected chi connectivity index (χ2v) is 5.68. The summed E-state index contributed by atoms with van der Waals surface area (Å²) in [5, 5.41) is 7.29. The van der Waals surface area contributed by atoms with E-state index in [1.165, 1.54) is 7.11 Å². The van der Waals surface area contributed by atoms with Crippen LogP contribution in [0.5, 0.6) is 0 Å². The largest absolute Gasteiger partial charge is 0.468 e. The predicted molar refractivity (Wildman–Crippen MR) is 99.4 cm³/mol. The molecule has 26 heavy (non-hydrogen) atoms. The first-order valence-electron chi connectivity index (χ1n) is 8.38. The number of unbranched alkanes of at least 4 members (excludes halogenated alkanes) is 1. The van der Waals surface area contributed by atoms with Crippen molar-refractivity contribution in [3.8, 4) is 0 Å². The fraction of sp³-hybridized carbons (Fsp3) is 0.250. The zero-order valence-electron chi connectivity index (χ0n) is 14.7. The Labute approximate surface area is 152 Å². The van der Waals surface area contributed by atoms with E-state index in [4.69, 9.17) is 0 Å². The molecule has 0 aliphatic carbocycles. The van der Waals surface area contributed by atoms with Crippen LogP contribution in [0.2, 0.25) is 0 Å². The molecule has 0 saturated heterocycles. The average molecular weight is 354 g/mol. The summed E-state index contributed by atoms with van der Waals surface area (Å²) in [6, 6.07) is 13.4. The molecule has 2 rings (SSSR count). The number of rotatable bonds is 8. The molecule has 2 amide bonds. The molecule has 0 atom stereocenters. The van der Waals surface area contributed by atoms with E-state index in [-0.39, 0.29) is 18.4 Å². The molecular weight excluding hydrogens is 332 g/mol. The molecule has 0 bridgehead atoms. The molecule has 6 nitrogen and oxygen atoms in total. The number of hydrogen-bond acceptors (Lipinski definition) is 4. The van der Waals surface area contributed by atoms with Crippen LogP contribution in [0.3, 0.4) is 0 Å². The van der Waals surface area contributed by atoms with Crippen molar-refractivity contribution in [2.75, 3.05) is 13.7 Å². The quantitative estimate of drug-likeness (QED) is 0.564. The maximum Gasteiger partial charge on any atom is 0.325 e. The summed E-state index contributed by atoms with van der Waals surface area (Å²) in [7, 11) is 1.27. The van der Waals surface area contributed by atoms with Gasteiger partial charge in [-0.3, -0.25) is 14.4 Å². The first kappa shape index (κ1) is 19.2. The van der Waals surface area contributed by atoms with Gasteiger partial charge in [0.2, 0.25) is 5.91 Å². The Bertz CT molecular complexity index is 814. The highest BCUT2D eigenvalue weighted by Crippen LogP contribution is 2.15. The number of methoxy groups -OCH3 is 1. The predicted octanol–water partition coefficient (Wildman–Crippen LogP) is 2.54. The van der Waals surface area contributed by atoms with Gasteiger partial charge < -0.3 is 15.4 Å². The summed E-state index contributed by atoms with van der Waals surface area (Å²) < 4.78 is 4.44. The molecule has 0 aromatic heterocycles. The SMILES string of the molecule is COC(=O)CNC(=O)CCC/C=C\NC(=O)c1ccc2ccccc2c1. The molecular formula is C20H22N2O4. The van der Waals surface area contributed by atoms with Crippen LogP contribution in [0.15, 0.2) is 54.7 Å². The van der Waals surface area contributed by atoms with Crippen LogP contribution < -0.4 is 10.6 Å². The van der Waals surface area contributed by atoms with Crippen LogP contribution >= 0.6 is 0 Å². The fourth-order valence-electron chi connectivity index (χ4n) is 2.34. The number of benzene rings is 2. The van der Waals surface area contributed by atoms with Crippen molar-refractivity contribution >= 4 is 28.6 Å². The third-order valence-electron chi connectivity index (χ3n) is 3.78. The molecule has 0 saturated carbocycles. The summed E-state index contributed by atoms with van der Waals surface area (Å²) >= 11 is 0. The number of ether oxygens (including phenoxy) is 1. The van der Waals surface area contributed by atoms with Crippen LogP contribution in [0.25, 0.3) is 10.8 Å². The third kappa shape index (κ3) is 6.05. The maximum atomic E-state index is 12.1. The molecule has 0 unspecified atom stereocenters. The summed E-state index contributed by atoms with van der Waals surface area (Å²) in [6.45, 7) is -0.118. The van der Waals surface area contributed by atoms with E-state index in [1.807, 2.05) is 36.4 Å². The van der Waals surface area contributed by atoms with Crippen molar-refractivity contribution < 1.29 is 19.1 Å². The molecule has 0 aliphatic rings. The van der Waals surface area contributed by atoms with Crippen LogP contribution in [0.1, 0.15) is 29.6 Å². The normalized spacial score (nSPS) is 10.7. The Kier molecular flexibility index (Phi) is 7.36. The van der Waals surface area contributed by atoms with E-state index in [9.17, 15) is 14.4 Å². The zero-order valence-corrected chi connectivity index (χ0v) is 14.7. The van der Waals surface area contributed by atoms with Crippen LogP contribution in [-0.2, 0) is 14.3 Å². The van der Waals surface area contributed by atoms with Gasteiger partial charge in [-0.2, -0.15) is 0 Å². The van der Waals surface area contributed by atoms with Gasteiger partial charge in [-0.15, -0.1) is 0 Å². The number of esters is 1. The van der Waals surface area contributed by atoms with E-state index in [1.54, 1.807) is 18.3 Å². The molecule has 0 radical (unpaired) electrons. The Morgan fingerprint density at radius 2 is 1.85 bits per heavy atom. The van der Waals surface area contributed by atoms with Gasteiger partial charge in [-0.05, 0) is 35.7 Å². The van der Waals surface area contributed by atoms with Crippen molar-refractivity contribution in [3.05, 3.63) is 60.3 Å². The van der Waals surface area contributed by atoms with Crippen molar-refractivity contribution in [3.63, 3.8) is 0 Å². The first-order chi connectivity index (χ1) is 12.6. The van der Waals surface area contributed by atoms with E-state index in [2.05, 4.69) is 15.4 Å². The smallest absolute Gasteiger partial charge is 0.325 e. The summed E-state index contributed by atoms with van der Waals surface area (Å²) in [6.07, 6.45) is 4.95. The summed E-state index contributed by atoms with van der Waals surface area (Å²) in [5.74, 6) is -0.860. The number of amides is 2. The monoisotopic (exact) mass is 354 g/mol. The highest BCUT2D eigenvalue weighted by atomic mass is 16.5. The van der Waals surface area contributed by atoms with E-state index in [0.29, 0.717) is 24.8 Å². The first-order valence-corrected chi connectivity index (χ1v) is 8.38. The van der Waals surface area contributed by atoms with Gasteiger partial charge in [-0.1, -0.05) is 36.4 Å². The number of carbonyl (C=O) groups excluding carboxylic acids is 3. The Hall–Kier alpha value is -3.15. The highest BCUT2D eigenvalue weighted by molar-refractivity contribution is 5.99. The lowest BCUT2D eigenvalue weighted by molar-refractivity contribution is -0.141. The molecule has 0 heterocycles. The lowest BCUT2D eigenvalue weighted by atomic mass is 10.1. The second kappa shape index (κ2) is 9.98. The molecule has 0 aliphatic heterocycles. The number of hydrogen-bond donors (Lipinski definition) is 2. The molecule has 2 N–H and O–H groups in total. The number of nitrogens with one attached hydrogen (secondary N) is 2. The summed E-state index contributed by atoms with van der Waals surface area (Å²) in [4.78, 5) is 34.5. The van der Waals surface area contributed by atoms with Gasteiger partial charge in [0.15, 0.2) is 0 Å². The van der Waals surface area contributed by atoms with Crippen molar-refractivity contribution in [2.24, 2.45) is 0 Å². The standard InChI is InChI=1S/C20H22N2O4/c1-26-19(24)14-22-18(23)9-3-2-6-12-21-20(25)17-11-10-15-7-4-5-8-16(15)13-17/h4-8,10-13H,2-3,9,14H2,1H3,(H,21,25)(H,22,23)/b12-6-. The molecule has 2 aromatic rings. The maximum absolute atomic E-state index is 12.1. The van der Waals surface area contributed by atoms with E-state index in [0.717, 1.165) is 10.8 Å². The van der Waals surface area contributed by atoms with E-state index >= 15 is 0 Å². The number of fused-ring (bicyclic) bond motifs is 1. The highest BCUT2D eigenvalue weighted by Gasteiger charge is 2.05. The van der Waals surface area contributed by atoms with Gasteiger partial charge in [-0.25, -0.2) is 0 Å². The van der Waals surface area contributed by atoms with E-state index < -0.39 is 5.97 Å². The van der Waals surface area contributed by atoms with Crippen molar-refractivity contribution in [1.82, 2.24) is 10.6 Å². The molecule has 2 aromatic carbocycles.